The van der Waals surface area contributed by atoms with Crippen molar-refractivity contribution in [1.29, 1.82) is 0 Å². The minimum atomic E-state index is -0.245. The average Bonchev–Trinajstić information content (AvgIpc) is 3.43. The molecule has 0 saturated heterocycles. The zero-order valence-electron chi connectivity index (χ0n) is 14.6. The van der Waals surface area contributed by atoms with E-state index in [1.54, 1.807) is 6.07 Å². The topological polar surface area (TPSA) is 28.2 Å². The first-order valence-corrected chi connectivity index (χ1v) is 8.72. The highest BCUT2D eigenvalue weighted by atomic mass is 19.1. The zero-order chi connectivity index (χ0) is 17.4. The quantitative estimate of drug-likeness (QED) is 0.716. The lowest BCUT2D eigenvalue weighted by molar-refractivity contribution is 0.628. The maximum Gasteiger partial charge on any atom is 0.123 e. The second-order valence-electron chi connectivity index (χ2n) is 6.99. The van der Waals surface area contributed by atoms with Crippen molar-refractivity contribution in [3.8, 4) is 11.3 Å². The van der Waals surface area contributed by atoms with E-state index >= 15 is 0 Å². The molecule has 0 radical (unpaired) electrons. The molecule has 0 atom stereocenters. The molecule has 3 nitrogen and oxygen atoms in total. The lowest BCUT2D eigenvalue weighted by atomic mass is 10.1. The summed E-state index contributed by atoms with van der Waals surface area (Å²) >= 11 is 0. The second kappa shape index (κ2) is 6.36. The van der Waals surface area contributed by atoms with Gasteiger partial charge in [-0.25, -0.2) is 9.37 Å². The fourth-order valence-corrected chi connectivity index (χ4v) is 3.07. The molecule has 1 aliphatic rings. The van der Waals surface area contributed by atoms with Gasteiger partial charge in [-0.3, -0.25) is 0 Å². The predicted molar refractivity (Wildman–Crippen MR) is 103 cm³/mol. The molecular formula is C21H22FN3. The molecule has 4 rings (SSSR count). The van der Waals surface area contributed by atoms with Gasteiger partial charge >= 0.3 is 0 Å². The molecule has 1 aliphatic carbocycles. The first-order chi connectivity index (χ1) is 12.1. The van der Waals surface area contributed by atoms with Gasteiger partial charge in [0.05, 0.1) is 11.2 Å². The van der Waals surface area contributed by atoms with Gasteiger partial charge in [-0.15, -0.1) is 0 Å². The SMILES string of the molecule is CN(C)c1cc(-c2cccc(F)c2)nc2ccc(NCC3CC3)cc12. The number of nitrogens with one attached hydrogen (secondary N) is 1. The predicted octanol–water partition coefficient (Wildman–Crippen LogP) is 4.93. The summed E-state index contributed by atoms with van der Waals surface area (Å²) in [5, 5.41) is 4.63. The van der Waals surface area contributed by atoms with Gasteiger partial charge in [0.1, 0.15) is 5.82 Å². The largest absolute Gasteiger partial charge is 0.385 e. The molecule has 1 fully saturated rings. The molecule has 0 aliphatic heterocycles. The van der Waals surface area contributed by atoms with E-state index in [4.69, 9.17) is 4.98 Å². The summed E-state index contributed by atoms with van der Waals surface area (Å²) in [5.41, 5.74) is 4.71. The Hall–Kier alpha value is -2.62. The highest BCUT2D eigenvalue weighted by Crippen LogP contribution is 2.33. The van der Waals surface area contributed by atoms with Crippen LogP contribution in [-0.2, 0) is 0 Å². The normalized spacial score (nSPS) is 13.9. The van der Waals surface area contributed by atoms with Gasteiger partial charge in [-0.1, -0.05) is 12.1 Å². The van der Waals surface area contributed by atoms with E-state index in [9.17, 15) is 4.39 Å². The summed E-state index contributed by atoms with van der Waals surface area (Å²) in [7, 11) is 4.04. The number of hydrogen-bond acceptors (Lipinski definition) is 3. The fourth-order valence-electron chi connectivity index (χ4n) is 3.07. The summed E-state index contributed by atoms with van der Waals surface area (Å²) in [6.07, 6.45) is 2.67. The van der Waals surface area contributed by atoms with Crippen molar-refractivity contribution in [2.75, 3.05) is 30.9 Å². The Morgan fingerprint density at radius 2 is 1.96 bits per heavy atom. The summed E-state index contributed by atoms with van der Waals surface area (Å²) < 4.78 is 13.6. The zero-order valence-corrected chi connectivity index (χ0v) is 14.6. The molecule has 25 heavy (non-hydrogen) atoms. The Bertz CT molecular complexity index is 916. The van der Waals surface area contributed by atoms with Crippen LogP contribution >= 0.6 is 0 Å². The standard InChI is InChI=1S/C21H22FN3/c1-25(2)21-12-20(15-4-3-5-16(22)10-15)24-19-9-8-17(11-18(19)21)23-13-14-6-7-14/h3-5,8-12,14,23H,6-7,13H2,1-2H3. The van der Waals surface area contributed by atoms with E-state index < -0.39 is 0 Å². The third kappa shape index (κ3) is 3.43. The minimum Gasteiger partial charge on any atom is -0.385 e. The van der Waals surface area contributed by atoms with Crippen LogP contribution in [0.5, 0.6) is 0 Å². The van der Waals surface area contributed by atoms with E-state index in [0.717, 1.165) is 46.0 Å². The van der Waals surface area contributed by atoms with Gasteiger partial charge in [0.2, 0.25) is 0 Å². The molecule has 0 amide bonds. The third-order valence-corrected chi connectivity index (χ3v) is 4.68. The molecule has 1 heterocycles. The van der Waals surface area contributed by atoms with Crippen LogP contribution in [0.15, 0.2) is 48.5 Å². The highest BCUT2D eigenvalue weighted by Gasteiger charge is 2.20. The van der Waals surface area contributed by atoms with E-state index in [-0.39, 0.29) is 5.82 Å². The molecule has 2 aromatic carbocycles. The van der Waals surface area contributed by atoms with Crippen LogP contribution < -0.4 is 10.2 Å². The molecule has 4 heteroatoms. The van der Waals surface area contributed by atoms with Crippen LogP contribution in [0.3, 0.4) is 0 Å². The fraction of sp³-hybridized carbons (Fsp3) is 0.286. The third-order valence-electron chi connectivity index (χ3n) is 4.68. The molecule has 0 bridgehead atoms. The van der Waals surface area contributed by atoms with Crippen molar-refractivity contribution in [1.82, 2.24) is 4.98 Å². The summed E-state index contributed by atoms with van der Waals surface area (Å²) in [5.74, 6) is 0.586. The number of benzene rings is 2. The van der Waals surface area contributed by atoms with Crippen molar-refractivity contribution in [2.24, 2.45) is 5.92 Å². The Balaban J connectivity index is 1.78. The van der Waals surface area contributed by atoms with E-state index in [0.29, 0.717) is 0 Å². The van der Waals surface area contributed by atoms with Crippen molar-refractivity contribution < 1.29 is 4.39 Å². The van der Waals surface area contributed by atoms with Gasteiger partial charge in [0.25, 0.3) is 0 Å². The number of nitrogens with zero attached hydrogens (tertiary/aromatic N) is 2. The molecule has 1 aromatic heterocycles. The number of pyridine rings is 1. The smallest absolute Gasteiger partial charge is 0.123 e. The maximum atomic E-state index is 13.6. The summed E-state index contributed by atoms with van der Waals surface area (Å²) in [4.78, 5) is 6.84. The number of halogens is 1. The maximum absolute atomic E-state index is 13.6. The van der Waals surface area contributed by atoms with Crippen molar-refractivity contribution >= 4 is 22.3 Å². The van der Waals surface area contributed by atoms with Gasteiger partial charge in [-0.2, -0.15) is 0 Å². The van der Waals surface area contributed by atoms with Gasteiger partial charge in [0, 0.05) is 43.0 Å². The first-order valence-electron chi connectivity index (χ1n) is 8.72. The number of rotatable bonds is 5. The first kappa shape index (κ1) is 15.9. The van der Waals surface area contributed by atoms with E-state index in [2.05, 4.69) is 22.3 Å². The van der Waals surface area contributed by atoms with Gasteiger partial charge < -0.3 is 10.2 Å². The molecule has 3 aromatic rings. The van der Waals surface area contributed by atoms with Crippen LogP contribution in [0.25, 0.3) is 22.2 Å². The Kier molecular flexibility index (Phi) is 4.04. The number of anilines is 2. The molecule has 0 spiro atoms. The van der Waals surface area contributed by atoms with Crippen LogP contribution in [0.4, 0.5) is 15.8 Å². The van der Waals surface area contributed by atoms with Crippen molar-refractivity contribution in [3.63, 3.8) is 0 Å². The van der Waals surface area contributed by atoms with Crippen molar-refractivity contribution in [3.05, 3.63) is 54.3 Å². The Labute approximate surface area is 147 Å². The van der Waals surface area contributed by atoms with Crippen LogP contribution in [0, 0.1) is 11.7 Å². The number of fused-ring (bicyclic) bond motifs is 1. The van der Waals surface area contributed by atoms with Crippen LogP contribution in [0.1, 0.15) is 12.8 Å². The summed E-state index contributed by atoms with van der Waals surface area (Å²) in [6, 6.07) is 14.9. The number of aromatic nitrogens is 1. The van der Waals surface area contributed by atoms with Crippen LogP contribution in [-0.4, -0.2) is 25.6 Å². The molecule has 128 valence electrons. The minimum absolute atomic E-state index is 0.245. The molecule has 0 unspecified atom stereocenters. The Morgan fingerprint density at radius 3 is 2.68 bits per heavy atom. The molecule has 1 N–H and O–H groups in total. The molecular weight excluding hydrogens is 313 g/mol. The molecule has 1 saturated carbocycles. The lowest BCUT2D eigenvalue weighted by Crippen LogP contribution is -2.10. The average molecular weight is 335 g/mol. The van der Waals surface area contributed by atoms with Gasteiger partial charge in [0.15, 0.2) is 0 Å². The monoisotopic (exact) mass is 335 g/mol. The van der Waals surface area contributed by atoms with Crippen LogP contribution in [0.2, 0.25) is 0 Å². The highest BCUT2D eigenvalue weighted by molar-refractivity contribution is 5.96. The van der Waals surface area contributed by atoms with E-state index in [1.165, 1.54) is 25.0 Å². The van der Waals surface area contributed by atoms with E-state index in [1.807, 2.05) is 32.3 Å². The van der Waals surface area contributed by atoms with Crippen molar-refractivity contribution in [2.45, 2.75) is 12.8 Å². The lowest BCUT2D eigenvalue weighted by Gasteiger charge is -2.18. The van der Waals surface area contributed by atoms with Gasteiger partial charge in [-0.05, 0) is 55.2 Å². The number of hydrogen-bond donors (Lipinski definition) is 1. The Morgan fingerprint density at radius 1 is 1.12 bits per heavy atom. The summed E-state index contributed by atoms with van der Waals surface area (Å²) in [6.45, 7) is 1.04. The second-order valence-corrected chi connectivity index (χ2v) is 6.99.